The molecule has 1 fully saturated rings. The summed E-state index contributed by atoms with van der Waals surface area (Å²) in [6.07, 6.45) is 4.03. The summed E-state index contributed by atoms with van der Waals surface area (Å²) >= 11 is 0. The van der Waals surface area contributed by atoms with Gasteiger partial charge in [-0.25, -0.2) is 0 Å². The minimum Gasteiger partial charge on any atom is -0.393 e. The molecule has 0 bridgehead atoms. The first kappa shape index (κ1) is 14.6. The summed E-state index contributed by atoms with van der Waals surface area (Å²) in [6, 6.07) is 0. The van der Waals surface area contributed by atoms with Crippen LogP contribution in [-0.4, -0.2) is 45.8 Å². The second-order valence-electron chi connectivity index (χ2n) is 5.12. The fourth-order valence-corrected chi connectivity index (χ4v) is 2.16. The highest BCUT2D eigenvalue weighted by Crippen LogP contribution is 2.37. The van der Waals surface area contributed by atoms with Gasteiger partial charge < -0.3 is 20.1 Å². The van der Waals surface area contributed by atoms with Crippen LogP contribution < -0.4 is 0 Å². The van der Waals surface area contributed by atoms with E-state index < -0.39 is 5.60 Å². The van der Waals surface area contributed by atoms with Crippen molar-refractivity contribution < 1.29 is 20.1 Å². The molecular formula is C13H24O4. The summed E-state index contributed by atoms with van der Waals surface area (Å²) < 4.78 is 5.50. The third-order valence-corrected chi connectivity index (χ3v) is 3.36. The molecule has 1 saturated heterocycles. The number of hydrogen-bond donors (Lipinski definition) is 3. The summed E-state index contributed by atoms with van der Waals surface area (Å²) in [6.45, 7) is 5.53. The topological polar surface area (TPSA) is 73.2 Å². The van der Waals surface area contributed by atoms with Gasteiger partial charge in [0.2, 0.25) is 0 Å². The van der Waals surface area contributed by atoms with E-state index >= 15 is 0 Å². The SMILES string of the molecule is CC[C@H](O)[C@@H](C)[C@H]1O[C@@H]1C[C@@](C)(O)/C=C/CO. The van der Waals surface area contributed by atoms with Gasteiger partial charge in [0.15, 0.2) is 0 Å². The highest BCUT2D eigenvalue weighted by atomic mass is 16.6. The number of epoxide rings is 1. The van der Waals surface area contributed by atoms with Gasteiger partial charge in [0.25, 0.3) is 0 Å². The lowest BCUT2D eigenvalue weighted by atomic mass is 9.92. The maximum absolute atomic E-state index is 10.0. The molecule has 0 saturated carbocycles. The molecule has 0 spiro atoms. The highest BCUT2D eigenvalue weighted by Gasteiger charge is 2.47. The summed E-state index contributed by atoms with van der Waals surface area (Å²) in [5, 5.41) is 28.4. The van der Waals surface area contributed by atoms with Crippen molar-refractivity contribution in [3.8, 4) is 0 Å². The van der Waals surface area contributed by atoms with Crippen LogP contribution >= 0.6 is 0 Å². The van der Waals surface area contributed by atoms with Gasteiger partial charge in [-0.05, 0) is 13.3 Å². The Morgan fingerprint density at radius 1 is 1.47 bits per heavy atom. The Kier molecular flexibility index (Phi) is 5.13. The van der Waals surface area contributed by atoms with Crippen LogP contribution in [0.1, 0.15) is 33.6 Å². The van der Waals surface area contributed by atoms with Gasteiger partial charge in [0, 0.05) is 12.3 Å². The van der Waals surface area contributed by atoms with Crippen molar-refractivity contribution in [2.45, 2.75) is 57.5 Å². The molecule has 0 unspecified atom stereocenters. The maximum atomic E-state index is 10.0. The predicted molar refractivity (Wildman–Crippen MR) is 65.6 cm³/mol. The lowest BCUT2D eigenvalue weighted by Crippen LogP contribution is -2.27. The van der Waals surface area contributed by atoms with E-state index in [1.807, 2.05) is 13.8 Å². The van der Waals surface area contributed by atoms with Crippen molar-refractivity contribution in [3.05, 3.63) is 12.2 Å². The summed E-state index contributed by atoms with van der Waals surface area (Å²) in [5.74, 6) is 0.0996. The molecule has 3 N–H and O–H groups in total. The van der Waals surface area contributed by atoms with Crippen LogP contribution in [0.25, 0.3) is 0 Å². The standard InChI is InChI=1S/C13H24O4/c1-4-10(15)9(2)12-11(17-12)8-13(3,16)6-5-7-14/h5-6,9-12,14-16H,4,7-8H2,1-3H3/b6-5+/t9-,10+,11-,12-,13+/m1/s1. The molecule has 0 radical (unpaired) electrons. The predicted octanol–water partition coefficient (Wildman–Crippen LogP) is 0.850. The Morgan fingerprint density at radius 2 is 2.12 bits per heavy atom. The summed E-state index contributed by atoms with van der Waals surface area (Å²) in [7, 11) is 0. The van der Waals surface area contributed by atoms with E-state index in [2.05, 4.69) is 0 Å². The normalized spacial score (nSPS) is 31.2. The second kappa shape index (κ2) is 5.96. The zero-order chi connectivity index (χ0) is 13.1. The van der Waals surface area contributed by atoms with E-state index in [1.54, 1.807) is 13.0 Å². The minimum absolute atomic E-state index is 0.00421. The number of aliphatic hydroxyl groups excluding tert-OH is 2. The largest absolute Gasteiger partial charge is 0.393 e. The van der Waals surface area contributed by atoms with Crippen LogP contribution in [0.5, 0.6) is 0 Å². The first-order valence-corrected chi connectivity index (χ1v) is 6.25. The lowest BCUT2D eigenvalue weighted by molar-refractivity contribution is 0.0911. The molecule has 17 heavy (non-hydrogen) atoms. The third-order valence-electron chi connectivity index (χ3n) is 3.36. The van der Waals surface area contributed by atoms with Gasteiger partial charge in [-0.1, -0.05) is 26.0 Å². The molecule has 100 valence electrons. The molecular weight excluding hydrogens is 220 g/mol. The Labute approximate surface area is 103 Å². The molecule has 4 nitrogen and oxygen atoms in total. The van der Waals surface area contributed by atoms with Gasteiger partial charge >= 0.3 is 0 Å². The van der Waals surface area contributed by atoms with Crippen molar-refractivity contribution in [1.82, 2.24) is 0 Å². The average Bonchev–Trinajstić information content (AvgIpc) is 3.02. The van der Waals surface area contributed by atoms with Crippen LogP contribution in [0.3, 0.4) is 0 Å². The molecule has 0 amide bonds. The smallest absolute Gasteiger partial charge is 0.0893 e. The van der Waals surface area contributed by atoms with Crippen LogP contribution in [0, 0.1) is 5.92 Å². The van der Waals surface area contributed by atoms with Crippen molar-refractivity contribution in [2.24, 2.45) is 5.92 Å². The molecule has 1 aliphatic rings. The number of aliphatic hydroxyl groups is 3. The van der Waals surface area contributed by atoms with Crippen molar-refractivity contribution in [3.63, 3.8) is 0 Å². The fraction of sp³-hybridized carbons (Fsp3) is 0.846. The number of ether oxygens (including phenoxy) is 1. The Bertz CT molecular complexity index is 262. The molecule has 1 aliphatic heterocycles. The van der Waals surface area contributed by atoms with Crippen molar-refractivity contribution in [2.75, 3.05) is 6.61 Å². The highest BCUT2D eigenvalue weighted by molar-refractivity contribution is 5.04. The third kappa shape index (κ3) is 4.39. The van der Waals surface area contributed by atoms with Crippen molar-refractivity contribution in [1.29, 1.82) is 0 Å². The van der Waals surface area contributed by atoms with Crippen LogP contribution in [-0.2, 0) is 4.74 Å². The van der Waals surface area contributed by atoms with Gasteiger partial charge in [-0.3, -0.25) is 0 Å². The number of hydrogen-bond acceptors (Lipinski definition) is 4. The molecule has 5 atom stereocenters. The molecule has 1 rings (SSSR count). The molecule has 0 aromatic rings. The first-order chi connectivity index (χ1) is 7.91. The fourth-order valence-electron chi connectivity index (χ4n) is 2.16. The van der Waals surface area contributed by atoms with E-state index in [9.17, 15) is 10.2 Å². The van der Waals surface area contributed by atoms with Crippen LogP contribution in [0.4, 0.5) is 0 Å². The zero-order valence-electron chi connectivity index (χ0n) is 10.8. The Balaban J connectivity index is 2.39. The summed E-state index contributed by atoms with van der Waals surface area (Å²) in [5.41, 5.74) is -0.959. The van der Waals surface area contributed by atoms with Crippen LogP contribution in [0.2, 0.25) is 0 Å². The van der Waals surface area contributed by atoms with Gasteiger partial charge in [-0.2, -0.15) is 0 Å². The quantitative estimate of drug-likeness (QED) is 0.458. The van der Waals surface area contributed by atoms with E-state index in [0.29, 0.717) is 12.8 Å². The molecule has 0 aromatic heterocycles. The minimum atomic E-state index is -0.959. The van der Waals surface area contributed by atoms with Gasteiger partial charge in [0.05, 0.1) is 30.5 Å². The second-order valence-corrected chi connectivity index (χ2v) is 5.12. The number of rotatable bonds is 7. The maximum Gasteiger partial charge on any atom is 0.0893 e. The van der Waals surface area contributed by atoms with E-state index in [0.717, 1.165) is 0 Å². The van der Waals surface area contributed by atoms with E-state index in [1.165, 1.54) is 6.08 Å². The Morgan fingerprint density at radius 3 is 2.65 bits per heavy atom. The van der Waals surface area contributed by atoms with E-state index in [-0.39, 0.29) is 30.8 Å². The molecule has 1 heterocycles. The average molecular weight is 244 g/mol. The lowest BCUT2D eigenvalue weighted by Gasteiger charge is -2.19. The van der Waals surface area contributed by atoms with Crippen molar-refractivity contribution >= 4 is 0 Å². The zero-order valence-corrected chi connectivity index (χ0v) is 10.8. The van der Waals surface area contributed by atoms with E-state index in [4.69, 9.17) is 9.84 Å². The molecule has 0 aliphatic carbocycles. The first-order valence-electron chi connectivity index (χ1n) is 6.25. The van der Waals surface area contributed by atoms with Gasteiger partial charge in [-0.15, -0.1) is 0 Å². The Hall–Kier alpha value is -0.420. The summed E-state index contributed by atoms with van der Waals surface area (Å²) in [4.78, 5) is 0. The molecule has 4 heteroatoms. The molecule has 0 aromatic carbocycles. The monoisotopic (exact) mass is 244 g/mol. The van der Waals surface area contributed by atoms with Gasteiger partial charge in [0.1, 0.15) is 0 Å². The van der Waals surface area contributed by atoms with Crippen LogP contribution in [0.15, 0.2) is 12.2 Å².